The highest BCUT2D eigenvalue weighted by molar-refractivity contribution is 7.18. The molecule has 0 fully saturated rings. The van der Waals surface area contributed by atoms with Crippen LogP contribution in [-0.4, -0.2) is 25.9 Å². The van der Waals surface area contributed by atoms with Crippen LogP contribution in [0.4, 0.5) is 13.2 Å². The lowest BCUT2D eigenvalue weighted by molar-refractivity contribution is -0.137. The van der Waals surface area contributed by atoms with Crippen molar-refractivity contribution in [2.75, 3.05) is 14.2 Å². The van der Waals surface area contributed by atoms with Crippen molar-refractivity contribution in [1.29, 1.82) is 0 Å². The van der Waals surface area contributed by atoms with Crippen LogP contribution in [0.3, 0.4) is 0 Å². The van der Waals surface area contributed by atoms with Crippen LogP contribution in [0.25, 0.3) is 20.9 Å². The maximum atomic E-state index is 13.4. The first-order valence-corrected chi connectivity index (χ1v) is 9.24. The van der Waals surface area contributed by atoms with Crippen LogP contribution in [0.1, 0.15) is 11.1 Å². The standard InChI is InChI=1S/C21H16F3NO3S/c1-27-20(26)19(25-28-2)14-8-4-3-7-13(14)17-11-12-18(29-17)15-9-5-6-10-16(15)21(22,23)24/h3-12H,1-2H3/b25-19+. The molecular weight excluding hydrogens is 403 g/mol. The fourth-order valence-electron chi connectivity index (χ4n) is 2.86. The number of hydrogen-bond donors (Lipinski definition) is 0. The van der Waals surface area contributed by atoms with Gasteiger partial charge in [0.1, 0.15) is 7.11 Å². The molecule has 29 heavy (non-hydrogen) atoms. The van der Waals surface area contributed by atoms with Gasteiger partial charge in [0, 0.05) is 26.4 Å². The van der Waals surface area contributed by atoms with Crippen LogP contribution in [0.15, 0.2) is 65.8 Å². The number of oxime groups is 1. The topological polar surface area (TPSA) is 47.9 Å². The molecule has 1 heterocycles. The quantitative estimate of drug-likeness (QED) is 0.306. The molecule has 0 unspecified atom stereocenters. The molecule has 0 radical (unpaired) electrons. The molecule has 2 aromatic carbocycles. The van der Waals surface area contributed by atoms with E-state index in [1.54, 1.807) is 42.5 Å². The molecule has 4 nitrogen and oxygen atoms in total. The molecule has 3 aromatic rings. The minimum atomic E-state index is -4.46. The van der Waals surface area contributed by atoms with E-state index in [1.807, 2.05) is 0 Å². The highest BCUT2D eigenvalue weighted by Gasteiger charge is 2.33. The normalized spacial score (nSPS) is 12.0. The Morgan fingerprint density at radius 1 is 0.897 bits per heavy atom. The SMILES string of the molecule is CO/N=C(/C(=O)OC)c1ccccc1-c1ccc(-c2ccccc2C(F)(F)F)s1. The summed E-state index contributed by atoms with van der Waals surface area (Å²) >= 11 is 1.19. The van der Waals surface area contributed by atoms with Gasteiger partial charge in [0.05, 0.1) is 12.7 Å². The highest BCUT2D eigenvalue weighted by atomic mass is 32.1. The van der Waals surface area contributed by atoms with Crippen LogP contribution in [0, 0.1) is 0 Å². The highest BCUT2D eigenvalue weighted by Crippen LogP contribution is 2.42. The Balaban J connectivity index is 2.10. The van der Waals surface area contributed by atoms with E-state index in [1.165, 1.54) is 37.7 Å². The Hall–Kier alpha value is -3.13. The number of halogens is 3. The Morgan fingerprint density at radius 3 is 2.10 bits per heavy atom. The molecule has 0 saturated carbocycles. The van der Waals surface area contributed by atoms with E-state index < -0.39 is 17.7 Å². The summed E-state index contributed by atoms with van der Waals surface area (Å²) in [6, 6.07) is 15.7. The molecule has 0 atom stereocenters. The van der Waals surface area contributed by atoms with E-state index in [0.717, 1.165) is 6.07 Å². The minimum Gasteiger partial charge on any atom is -0.464 e. The fraction of sp³-hybridized carbons (Fsp3) is 0.143. The molecule has 0 saturated heterocycles. The molecule has 150 valence electrons. The third-order valence-corrected chi connectivity index (χ3v) is 5.26. The first-order valence-electron chi connectivity index (χ1n) is 8.42. The maximum Gasteiger partial charge on any atom is 0.417 e. The average Bonchev–Trinajstić information content (AvgIpc) is 3.21. The Labute approximate surface area is 169 Å². The van der Waals surface area contributed by atoms with Crippen LogP contribution in [0.2, 0.25) is 0 Å². The van der Waals surface area contributed by atoms with E-state index in [4.69, 9.17) is 9.57 Å². The first-order chi connectivity index (χ1) is 13.9. The second-order valence-electron chi connectivity index (χ2n) is 5.87. The number of thiophene rings is 1. The van der Waals surface area contributed by atoms with Crippen molar-refractivity contribution >= 4 is 23.0 Å². The number of carbonyl (C=O) groups is 1. The molecular formula is C21H16F3NO3S. The van der Waals surface area contributed by atoms with E-state index in [9.17, 15) is 18.0 Å². The Bertz CT molecular complexity index is 1060. The molecule has 0 aliphatic rings. The molecule has 8 heteroatoms. The minimum absolute atomic E-state index is 0.0313. The van der Waals surface area contributed by atoms with Crippen molar-refractivity contribution in [1.82, 2.24) is 0 Å². The van der Waals surface area contributed by atoms with E-state index in [0.29, 0.717) is 20.9 Å². The summed E-state index contributed by atoms with van der Waals surface area (Å²) in [5.74, 6) is -0.682. The number of ether oxygens (including phenoxy) is 1. The van der Waals surface area contributed by atoms with Gasteiger partial charge in [-0.3, -0.25) is 0 Å². The fourth-order valence-corrected chi connectivity index (χ4v) is 3.95. The summed E-state index contributed by atoms with van der Waals surface area (Å²) in [7, 11) is 2.54. The lowest BCUT2D eigenvalue weighted by atomic mass is 10.0. The van der Waals surface area contributed by atoms with Gasteiger partial charge in [0.25, 0.3) is 0 Å². The van der Waals surface area contributed by atoms with Crippen molar-refractivity contribution in [2.24, 2.45) is 5.16 Å². The van der Waals surface area contributed by atoms with E-state index in [-0.39, 0.29) is 11.3 Å². The number of alkyl halides is 3. The monoisotopic (exact) mass is 419 g/mol. The summed E-state index contributed by atoms with van der Waals surface area (Å²) in [4.78, 5) is 18.0. The molecule has 1 aromatic heterocycles. The molecule has 0 bridgehead atoms. The zero-order valence-electron chi connectivity index (χ0n) is 15.5. The van der Waals surface area contributed by atoms with Gasteiger partial charge in [-0.15, -0.1) is 11.3 Å². The first kappa shape index (κ1) is 20.6. The zero-order valence-corrected chi connectivity index (χ0v) is 16.3. The van der Waals surface area contributed by atoms with Crippen molar-refractivity contribution in [3.63, 3.8) is 0 Å². The third kappa shape index (κ3) is 4.32. The Morgan fingerprint density at radius 2 is 1.48 bits per heavy atom. The van der Waals surface area contributed by atoms with E-state index >= 15 is 0 Å². The molecule has 3 rings (SSSR count). The number of nitrogens with zero attached hydrogens (tertiary/aromatic N) is 1. The average molecular weight is 419 g/mol. The second kappa shape index (κ2) is 8.48. The molecule has 0 spiro atoms. The maximum absolute atomic E-state index is 13.4. The summed E-state index contributed by atoms with van der Waals surface area (Å²) < 4.78 is 44.9. The predicted octanol–water partition coefficient (Wildman–Crippen LogP) is 5.62. The number of methoxy groups -OCH3 is 1. The molecule has 0 aliphatic carbocycles. The van der Waals surface area contributed by atoms with Crippen LogP contribution in [0.5, 0.6) is 0 Å². The van der Waals surface area contributed by atoms with Gasteiger partial charge in [-0.25, -0.2) is 4.79 Å². The van der Waals surface area contributed by atoms with Gasteiger partial charge < -0.3 is 9.57 Å². The molecule has 0 amide bonds. The summed E-state index contributed by atoms with van der Waals surface area (Å²) in [5, 5.41) is 3.76. The number of esters is 1. The largest absolute Gasteiger partial charge is 0.464 e. The van der Waals surface area contributed by atoms with Crippen LogP contribution in [-0.2, 0) is 20.5 Å². The third-order valence-electron chi connectivity index (χ3n) is 4.11. The predicted molar refractivity (Wildman–Crippen MR) is 106 cm³/mol. The number of rotatable bonds is 5. The van der Waals surface area contributed by atoms with Gasteiger partial charge in [-0.2, -0.15) is 13.2 Å². The lowest BCUT2D eigenvalue weighted by Gasteiger charge is -2.11. The molecule has 0 N–H and O–H groups in total. The summed E-state index contributed by atoms with van der Waals surface area (Å²) in [6.45, 7) is 0. The van der Waals surface area contributed by atoms with Crippen molar-refractivity contribution in [3.05, 3.63) is 71.8 Å². The van der Waals surface area contributed by atoms with Crippen LogP contribution >= 0.6 is 11.3 Å². The summed E-state index contributed by atoms with van der Waals surface area (Å²) in [5.41, 5.74) is 0.467. The second-order valence-corrected chi connectivity index (χ2v) is 6.95. The van der Waals surface area contributed by atoms with Gasteiger partial charge in [-0.1, -0.05) is 47.6 Å². The lowest BCUT2D eigenvalue weighted by Crippen LogP contribution is -2.18. The smallest absolute Gasteiger partial charge is 0.417 e. The van der Waals surface area contributed by atoms with Gasteiger partial charge in [-0.05, 0) is 18.2 Å². The van der Waals surface area contributed by atoms with E-state index in [2.05, 4.69) is 5.16 Å². The zero-order chi connectivity index (χ0) is 21.0. The van der Waals surface area contributed by atoms with Crippen molar-refractivity contribution < 1.29 is 27.5 Å². The van der Waals surface area contributed by atoms with Crippen molar-refractivity contribution in [3.8, 4) is 20.9 Å². The summed E-state index contributed by atoms with van der Waals surface area (Å²) in [6.07, 6.45) is -4.46. The van der Waals surface area contributed by atoms with Gasteiger partial charge in [0.15, 0.2) is 5.71 Å². The van der Waals surface area contributed by atoms with Gasteiger partial charge >= 0.3 is 12.1 Å². The number of benzene rings is 2. The van der Waals surface area contributed by atoms with Crippen molar-refractivity contribution in [2.45, 2.75) is 6.18 Å². The number of hydrogen-bond acceptors (Lipinski definition) is 5. The molecule has 0 aliphatic heterocycles. The number of carbonyl (C=O) groups excluding carboxylic acids is 1. The Kier molecular flexibility index (Phi) is 6.03. The van der Waals surface area contributed by atoms with Gasteiger partial charge in [0.2, 0.25) is 0 Å². The van der Waals surface area contributed by atoms with Crippen LogP contribution < -0.4 is 0 Å².